The molecule has 4 nitrogen and oxygen atoms in total. The largest absolute Gasteiger partial charge is 0.462 e. The van der Waals surface area contributed by atoms with Gasteiger partial charge in [0.05, 0.1) is 17.9 Å². The molecule has 0 unspecified atom stereocenters. The Morgan fingerprint density at radius 1 is 1.17 bits per heavy atom. The van der Waals surface area contributed by atoms with Crippen molar-refractivity contribution < 1.29 is 14.3 Å². The van der Waals surface area contributed by atoms with Gasteiger partial charge in [-0.05, 0) is 61.9 Å². The second-order valence-electron chi connectivity index (χ2n) is 5.04. The van der Waals surface area contributed by atoms with Crippen LogP contribution in [0.25, 0.3) is 0 Å². The van der Waals surface area contributed by atoms with E-state index in [0.29, 0.717) is 28.6 Å². The molecule has 0 atom stereocenters. The van der Waals surface area contributed by atoms with E-state index in [1.165, 1.54) is 11.8 Å². The van der Waals surface area contributed by atoms with E-state index in [9.17, 15) is 9.59 Å². The predicted octanol–water partition coefficient (Wildman–Crippen LogP) is 4.56. The van der Waals surface area contributed by atoms with E-state index in [-0.39, 0.29) is 11.9 Å². The predicted molar refractivity (Wildman–Crippen MR) is 97.9 cm³/mol. The second-order valence-corrected chi connectivity index (χ2v) is 6.53. The van der Waals surface area contributed by atoms with Gasteiger partial charge in [0.25, 0.3) is 0 Å². The van der Waals surface area contributed by atoms with Crippen LogP contribution in [0.5, 0.6) is 0 Å². The molecule has 6 heteroatoms. The van der Waals surface area contributed by atoms with Crippen LogP contribution < -0.4 is 5.32 Å². The Kier molecular flexibility index (Phi) is 6.70. The third-order valence-corrected chi connectivity index (χ3v) is 4.46. The standard InChI is InChI=1S/C18H18ClNO3S/c1-3-23-18(22)13-4-9-16(12(2)10-13)20-17(21)11-24-15-7-5-14(19)6-8-15/h4-10H,3,11H2,1-2H3,(H,20,21). The number of hydrogen-bond acceptors (Lipinski definition) is 4. The van der Waals surface area contributed by atoms with Gasteiger partial charge in [-0.2, -0.15) is 0 Å². The number of anilines is 1. The van der Waals surface area contributed by atoms with Crippen LogP contribution in [0.4, 0.5) is 5.69 Å². The fourth-order valence-electron chi connectivity index (χ4n) is 2.01. The molecule has 0 bridgehead atoms. The summed E-state index contributed by atoms with van der Waals surface area (Å²) in [6, 6.07) is 12.4. The Balaban J connectivity index is 1.93. The molecule has 24 heavy (non-hydrogen) atoms. The number of hydrogen-bond donors (Lipinski definition) is 1. The Labute approximate surface area is 150 Å². The molecule has 0 radical (unpaired) electrons. The molecule has 0 aliphatic rings. The zero-order valence-corrected chi connectivity index (χ0v) is 15.0. The molecule has 0 saturated carbocycles. The van der Waals surface area contributed by atoms with Gasteiger partial charge in [-0.3, -0.25) is 4.79 Å². The van der Waals surface area contributed by atoms with Crippen molar-refractivity contribution in [3.05, 3.63) is 58.6 Å². The SMILES string of the molecule is CCOC(=O)c1ccc(NC(=O)CSc2ccc(Cl)cc2)c(C)c1. The van der Waals surface area contributed by atoms with Crippen LogP contribution in [0.3, 0.4) is 0 Å². The van der Waals surface area contributed by atoms with Crippen molar-refractivity contribution in [2.24, 2.45) is 0 Å². The summed E-state index contributed by atoms with van der Waals surface area (Å²) in [6.45, 7) is 3.93. The molecule has 126 valence electrons. The molecular weight excluding hydrogens is 346 g/mol. The minimum atomic E-state index is -0.364. The van der Waals surface area contributed by atoms with Crippen molar-refractivity contribution in [2.75, 3.05) is 17.7 Å². The van der Waals surface area contributed by atoms with Gasteiger partial charge in [0.15, 0.2) is 0 Å². The summed E-state index contributed by atoms with van der Waals surface area (Å²) < 4.78 is 4.96. The molecule has 0 fully saturated rings. The van der Waals surface area contributed by atoms with Gasteiger partial charge in [0.1, 0.15) is 0 Å². The van der Waals surface area contributed by atoms with Crippen LogP contribution in [0.15, 0.2) is 47.4 Å². The monoisotopic (exact) mass is 363 g/mol. The maximum atomic E-state index is 12.1. The summed E-state index contributed by atoms with van der Waals surface area (Å²) in [6.07, 6.45) is 0. The van der Waals surface area contributed by atoms with Crippen molar-refractivity contribution in [3.8, 4) is 0 Å². The number of ether oxygens (including phenoxy) is 1. The third kappa shape index (κ3) is 5.28. The zero-order valence-electron chi connectivity index (χ0n) is 13.5. The summed E-state index contributed by atoms with van der Waals surface area (Å²) >= 11 is 7.26. The number of rotatable bonds is 6. The average molecular weight is 364 g/mol. The fourth-order valence-corrected chi connectivity index (χ4v) is 2.84. The maximum absolute atomic E-state index is 12.1. The van der Waals surface area contributed by atoms with Crippen molar-refractivity contribution >= 4 is 40.9 Å². The zero-order chi connectivity index (χ0) is 17.5. The van der Waals surface area contributed by atoms with Gasteiger partial charge in [-0.25, -0.2) is 4.79 Å². The van der Waals surface area contributed by atoms with E-state index >= 15 is 0 Å². The summed E-state index contributed by atoms with van der Waals surface area (Å²) in [5, 5.41) is 3.52. The topological polar surface area (TPSA) is 55.4 Å². The van der Waals surface area contributed by atoms with E-state index < -0.39 is 0 Å². The molecule has 2 rings (SSSR count). The van der Waals surface area contributed by atoms with Crippen LogP contribution in [0.1, 0.15) is 22.8 Å². The smallest absolute Gasteiger partial charge is 0.338 e. The first-order valence-corrected chi connectivity index (χ1v) is 8.82. The van der Waals surface area contributed by atoms with Crippen molar-refractivity contribution in [1.82, 2.24) is 0 Å². The number of carbonyl (C=O) groups excluding carboxylic acids is 2. The van der Waals surface area contributed by atoms with Crippen LogP contribution >= 0.6 is 23.4 Å². The van der Waals surface area contributed by atoms with E-state index in [1.807, 2.05) is 19.1 Å². The van der Waals surface area contributed by atoms with E-state index in [4.69, 9.17) is 16.3 Å². The summed E-state index contributed by atoms with van der Waals surface area (Å²) in [7, 11) is 0. The highest BCUT2D eigenvalue weighted by atomic mass is 35.5. The Bertz CT molecular complexity index is 732. The Morgan fingerprint density at radius 2 is 1.88 bits per heavy atom. The van der Waals surface area contributed by atoms with Crippen LogP contribution in [-0.2, 0) is 9.53 Å². The van der Waals surface area contributed by atoms with Crippen molar-refractivity contribution in [3.63, 3.8) is 0 Å². The van der Waals surface area contributed by atoms with Gasteiger partial charge < -0.3 is 10.1 Å². The molecule has 0 heterocycles. The van der Waals surface area contributed by atoms with E-state index in [0.717, 1.165) is 10.5 Å². The lowest BCUT2D eigenvalue weighted by Gasteiger charge is -2.10. The number of carbonyl (C=O) groups is 2. The number of nitrogens with one attached hydrogen (secondary N) is 1. The summed E-state index contributed by atoms with van der Waals surface area (Å²) in [5.74, 6) is -0.181. The van der Waals surface area contributed by atoms with Gasteiger partial charge in [0, 0.05) is 15.6 Å². The van der Waals surface area contributed by atoms with Crippen molar-refractivity contribution in [2.45, 2.75) is 18.7 Å². The van der Waals surface area contributed by atoms with Crippen LogP contribution in [0.2, 0.25) is 5.02 Å². The molecule has 0 aromatic heterocycles. The number of esters is 1. The molecule has 2 aromatic carbocycles. The lowest BCUT2D eigenvalue weighted by atomic mass is 10.1. The molecule has 0 aliphatic heterocycles. The minimum Gasteiger partial charge on any atom is -0.462 e. The van der Waals surface area contributed by atoms with E-state index in [1.54, 1.807) is 37.3 Å². The van der Waals surface area contributed by atoms with Gasteiger partial charge in [0.2, 0.25) is 5.91 Å². The highest BCUT2D eigenvalue weighted by Gasteiger charge is 2.10. The molecule has 0 saturated heterocycles. The Morgan fingerprint density at radius 3 is 2.50 bits per heavy atom. The molecule has 0 spiro atoms. The van der Waals surface area contributed by atoms with E-state index in [2.05, 4.69) is 5.32 Å². The third-order valence-electron chi connectivity index (χ3n) is 3.20. The first-order chi connectivity index (χ1) is 11.5. The fraction of sp³-hybridized carbons (Fsp3) is 0.222. The van der Waals surface area contributed by atoms with Crippen molar-refractivity contribution in [1.29, 1.82) is 0 Å². The number of amides is 1. The lowest BCUT2D eigenvalue weighted by molar-refractivity contribution is -0.113. The highest BCUT2D eigenvalue weighted by molar-refractivity contribution is 8.00. The van der Waals surface area contributed by atoms with Gasteiger partial charge >= 0.3 is 5.97 Å². The lowest BCUT2D eigenvalue weighted by Crippen LogP contribution is -2.15. The number of benzene rings is 2. The molecule has 1 amide bonds. The van der Waals surface area contributed by atoms with Crippen LogP contribution in [0, 0.1) is 6.92 Å². The molecule has 1 N–H and O–H groups in total. The quantitative estimate of drug-likeness (QED) is 0.604. The molecular formula is C18H18ClNO3S. The second kappa shape index (κ2) is 8.76. The molecule has 0 aliphatic carbocycles. The van der Waals surface area contributed by atoms with Crippen LogP contribution in [-0.4, -0.2) is 24.2 Å². The Hall–Kier alpha value is -1.98. The van der Waals surface area contributed by atoms with Gasteiger partial charge in [-0.1, -0.05) is 11.6 Å². The molecule has 2 aromatic rings. The minimum absolute atomic E-state index is 0.109. The normalized spacial score (nSPS) is 10.3. The average Bonchev–Trinajstić information content (AvgIpc) is 2.56. The first kappa shape index (κ1) is 18.4. The van der Waals surface area contributed by atoms with Gasteiger partial charge in [-0.15, -0.1) is 11.8 Å². The number of halogens is 1. The highest BCUT2D eigenvalue weighted by Crippen LogP contribution is 2.22. The first-order valence-electron chi connectivity index (χ1n) is 7.45. The number of thioether (sulfide) groups is 1. The number of aryl methyl sites for hydroxylation is 1. The summed E-state index contributed by atoms with van der Waals surface area (Å²) in [4.78, 5) is 24.7. The summed E-state index contributed by atoms with van der Waals surface area (Å²) in [5.41, 5.74) is 1.97. The maximum Gasteiger partial charge on any atom is 0.338 e.